The highest BCUT2D eigenvalue weighted by atomic mass is 16.5. The zero-order chi connectivity index (χ0) is 19.7. The Labute approximate surface area is 163 Å². The fraction of sp³-hybridized carbons (Fsp3) is 0.333. The van der Waals surface area contributed by atoms with Crippen LogP contribution in [0, 0.1) is 0 Å². The van der Waals surface area contributed by atoms with Crippen LogP contribution in [0.1, 0.15) is 6.42 Å². The number of benzene rings is 2. The second kappa shape index (κ2) is 7.52. The molecule has 2 fully saturated rings. The predicted octanol–water partition coefficient (Wildman–Crippen LogP) is 1.85. The number of hydrogen-bond acceptors (Lipinski definition) is 6. The van der Waals surface area contributed by atoms with Gasteiger partial charge in [0.15, 0.2) is 0 Å². The minimum atomic E-state index is -0.455. The number of phenols is 1. The Morgan fingerprint density at radius 2 is 1.57 bits per heavy atom. The molecule has 2 aliphatic heterocycles. The lowest BCUT2D eigenvalue weighted by molar-refractivity contribution is -0.123. The predicted molar refractivity (Wildman–Crippen MR) is 106 cm³/mol. The maximum Gasteiger partial charge on any atom is 0.251 e. The molecule has 1 atom stereocenters. The van der Waals surface area contributed by atoms with Gasteiger partial charge in [0, 0.05) is 26.2 Å². The van der Waals surface area contributed by atoms with Gasteiger partial charge in [-0.3, -0.25) is 14.5 Å². The molecular weight excluding hydrogens is 358 g/mol. The SMILES string of the molecule is COc1ccccc1N1C(=O)C[C@@H](N2CCN(c3ccccc3O)CC2)C1=O. The molecule has 4 rings (SSSR count). The Kier molecular flexibility index (Phi) is 4.92. The topological polar surface area (TPSA) is 73.3 Å². The summed E-state index contributed by atoms with van der Waals surface area (Å²) in [5.41, 5.74) is 1.29. The van der Waals surface area contributed by atoms with Gasteiger partial charge in [-0.25, -0.2) is 4.90 Å². The molecule has 2 saturated heterocycles. The summed E-state index contributed by atoms with van der Waals surface area (Å²) in [7, 11) is 1.53. The first kappa shape index (κ1) is 18.3. The normalized spacial score (nSPS) is 20.7. The number of phenolic OH excluding ortho intramolecular Hbond substituents is 1. The number of nitrogens with zero attached hydrogens (tertiary/aromatic N) is 3. The third kappa shape index (κ3) is 3.18. The molecule has 0 spiro atoms. The van der Waals surface area contributed by atoms with Crippen molar-refractivity contribution in [2.24, 2.45) is 0 Å². The third-order valence-electron chi connectivity index (χ3n) is 5.43. The summed E-state index contributed by atoms with van der Waals surface area (Å²) in [5, 5.41) is 10.1. The number of hydrogen-bond donors (Lipinski definition) is 1. The quantitative estimate of drug-likeness (QED) is 0.815. The van der Waals surface area contributed by atoms with Crippen molar-refractivity contribution in [2.45, 2.75) is 12.5 Å². The van der Waals surface area contributed by atoms with Crippen LogP contribution in [0.15, 0.2) is 48.5 Å². The monoisotopic (exact) mass is 381 g/mol. The molecule has 2 aliphatic rings. The van der Waals surface area contributed by atoms with Crippen molar-refractivity contribution < 1.29 is 19.4 Å². The number of carbonyl (C=O) groups is 2. The highest BCUT2D eigenvalue weighted by molar-refractivity contribution is 6.23. The minimum absolute atomic E-state index is 0.174. The van der Waals surface area contributed by atoms with Gasteiger partial charge in [0.2, 0.25) is 5.91 Å². The third-order valence-corrected chi connectivity index (χ3v) is 5.43. The van der Waals surface area contributed by atoms with Gasteiger partial charge in [-0.1, -0.05) is 24.3 Å². The number of para-hydroxylation sites is 4. The molecular formula is C21H23N3O4. The highest BCUT2D eigenvalue weighted by Gasteiger charge is 2.44. The number of carbonyl (C=O) groups excluding carboxylic acids is 2. The van der Waals surface area contributed by atoms with Gasteiger partial charge in [-0.05, 0) is 24.3 Å². The van der Waals surface area contributed by atoms with Gasteiger partial charge in [-0.2, -0.15) is 0 Å². The lowest BCUT2D eigenvalue weighted by Crippen LogP contribution is -2.52. The lowest BCUT2D eigenvalue weighted by Gasteiger charge is -2.38. The molecule has 0 aliphatic carbocycles. The molecule has 0 saturated carbocycles. The van der Waals surface area contributed by atoms with E-state index in [1.807, 2.05) is 18.2 Å². The number of methoxy groups -OCH3 is 1. The van der Waals surface area contributed by atoms with Crippen LogP contribution in [-0.4, -0.2) is 61.2 Å². The van der Waals surface area contributed by atoms with Crippen LogP contribution in [-0.2, 0) is 9.59 Å². The lowest BCUT2D eigenvalue weighted by atomic mass is 10.1. The van der Waals surface area contributed by atoms with Crippen LogP contribution in [0.25, 0.3) is 0 Å². The fourth-order valence-corrected chi connectivity index (χ4v) is 3.97. The first-order valence-corrected chi connectivity index (χ1v) is 9.37. The van der Waals surface area contributed by atoms with Crippen molar-refractivity contribution in [2.75, 3.05) is 43.1 Å². The van der Waals surface area contributed by atoms with E-state index < -0.39 is 6.04 Å². The van der Waals surface area contributed by atoms with Crippen LogP contribution in [0.3, 0.4) is 0 Å². The van der Waals surface area contributed by atoms with E-state index in [9.17, 15) is 14.7 Å². The van der Waals surface area contributed by atoms with E-state index in [2.05, 4.69) is 9.80 Å². The molecule has 1 N–H and O–H groups in total. The molecule has 7 nitrogen and oxygen atoms in total. The summed E-state index contributed by atoms with van der Waals surface area (Å²) >= 11 is 0. The molecule has 7 heteroatoms. The van der Waals surface area contributed by atoms with Crippen molar-refractivity contribution >= 4 is 23.2 Å². The summed E-state index contributed by atoms with van der Waals surface area (Å²) in [6.07, 6.45) is 0.174. The van der Waals surface area contributed by atoms with E-state index in [1.165, 1.54) is 12.0 Å². The summed E-state index contributed by atoms with van der Waals surface area (Å²) in [5.74, 6) is 0.354. The first-order chi connectivity index (χ1) is 13.6. The highest BCUT2D eigenvalue weighted by Crippen LogP contribution is 2.34. The molecule has 2 heterocycles. The number of aromatic hydroxyl groups is 1. The molecule has 2 aromatic carbocycles. The van der Waals surface area contributed by atoms with Gasteiger partial charge in [-0.15, -0.1) is 0 Å². The Morgan fingerprint density at radius 3 is 2.25 bits per heavy atom. The van der Waals surface area contributed by atoms with E-state index in [4.69, 9.17) is 4.74 Å². The Hall–Kier alpha value is -3.06. The Balaban J connectivity index is 1.47. The summed E-state index contributed by atoms with van der Waals surface area (Å²) in [6.45, 7) is 2.67. The molecule has 0 unspecified atom stereocenters. The number of anilines is 2. The fourth-order valence-electron chi connectivity index (χ4n) is 3.97. The smallest absolute Gasteiger partial charge is 0.251 e. The van der Waals surface area contributed by atoms with E-state index in [0.717, 1.165) is 5.69 Å². The van der Waals surface area contributed by atoms with Gasteiger partial charge in [0.05, 0.1) is 30.9 Å². The average Bonchev–Trinajstić information content (AvgIpc) is 3.02. The molecule has 2 amide bonds. The van der Waals surface area contributed by atoms with Crippen molar-refractivity contribution in [1.29, 1.82) is 0 Å². The maximum atomic E-state index is 13.0. The van der Waals surface area contributed by atoms with Gasteiger partial charge in [0.25, 0.3) is 5.91 Å². The van der Waals surface area contributed by atoms with E-state index >= 15 is 0 Å². The van der Waals surface area contributed by atoms with Crippen molar-refractivity contribution in [3.05, 3.63) is 48.5 Å². The van der Waals surface area contributed by atoms with Crippen LogP contribution in [0.5, 0.6) is 11.5 Å². The molecule has 0 radical (unpaired) electrons. The Morgan fingerprint density at radius 1 is 0.929 bits per heavy atom. The minimum Gasteiger partial charge on any atom is -0.506 e. The molecule has 0 bridgehead atoms. The molecule has 2 aromatic rings. The largest absolute Gasteiger partial charge is 0.506 e. The van der Waals surface area contributed by atoms with E-state index in [0.29, 0.717) is 37.6 Å². The summed E-state index contributed by atoms with van der Waals surface area (Å²) < 4.78 is 5.32. The van der Waals surface area contributed by atoms with E-state index in [1.54, 1.807) is 30.3 Å². The standard InChI is InChI=1S/C21H23N3O4/c1-28-19-9-5-3-7-16(19)24-20(26)14-17(21(24)27)23-12-10-22(11-13-23)15-6-2-4-8-18(15)25/h2-9,17,25H,10-14H2,1H3/t17-/m1/s1. The zero-order valence-electron chi connectivity index (χ0n) is 15.7. The Bertz CT molecular complexity index is 893. The second-order valence-corrected chi connectivity index (χ2v) is 6.97. The van der Waals surface area contributed by atoms with Crippen LogP contribution in [0.2, 0.25) is 0 Å². The number of piperazine rings is 1. The van der Waals surface area contributed by atoms with E-state index in [-0.39, 0.29) is 24.0 Å². The average molecular weight is 381 g/mol. The zero-order valence-corrected chi connectivity index (χ0v) is 15.7. The van der Waals surface area contributed by atoms with Crippen molar-refractivity contribution in [3.8, 4) is 11.5 Å². The number of amides is 2. The maximum absolute atomic E-state index is 13.0. The number of ether oxygens (including phenoxy) is 1. The van der Waals surface area contributed by atoms with Crippen LogP contribution in [0.4, 0.5) is 11.4 Å². The van der Waals surface area contributed by atoms with Crippen molar-refractivity contribution in [3.63, 3.8) is 0 Å². The summed E-state index contributed by atoms with van der Waals surface area (Å²) in [4.78, 5) is 31.1. The molecule has 28 heavy (non-hydrogen) atoms. The molecule has 146 valence electrons. The summed E-state index contributed by atoms with van der Waals surface area (Å²) in [6, 6.07) is 13.9. The van der Waals surface area contributed by atoms with Gasteiger partial charge in [0.1, 0.15) is 11.5 Å². The van der Waals surface area contributed by atoms with Gasteiger partial charge < -0.3 is 14.7 Å². The first-order valence-electron chi connectivity index (χ1n) is 9.37. The van der Waals surface area contributed by atoms with Crippen molar-refractivity contribution in [1.82, 2.24) is 4.90 Å². The second-order valence-electron chi connectivity index (χ2n) is 6.97. The number of rotatable bonds is 4. The van der Waals surface area contributed by atoms with Crippen LogP contribution >= 0.6 is 0 Å². The molecule has 0 aromatic heterocycles. The van der Waals surface area contributed by atoms with Crippen LogP contribution < -0.4 is 14.5 Å². The van der Waals surface area contributed by atoms with Gasteiger partial charge >= 0.3 is 0 Å². The number of imide groups is 1.